The van der Waals surface area contributed by atoms with E-state index in [0.717, 1.165) is 28.5 Å². The molecule has 2 saturated heterocycles. The Morgan fingerprint density at radius 3 is 2.74 bits per heavy atom. The molecule has 2 atom stereocenters. The monoisotopic (exact) mass is 388 g/mol. The second kappa shape index (κ2) is 8.33. The van der Waals surface area contributed by atoms with Gasteiger partial charge in [-0.15, -0.1) is 10.2 Å². The largest absolute Gasteiger partial charge is 0.391 e. The van der Waals surface area contributed by atoms with Crippen LogP contribution in [0.25, 0.3) is 10.6 Å². The van der Waals surface area contributed by atoms with Crippen LogP contribution in [0.1, 0.15) is 19.3 Å². The maximum Gasteiger partial charge on any atom is 0.223 e. The molecule has 1 aromatic heterocycles. The highest BCUT2D eigenvalue weighted by atomic mass is 32.1. The van der Waals surface area contributed by atoms with Crippen molar-refractivity contribution in [2.24, 2.45) is 5.92 Å². The first-order valence-electron chi connectivity index (χ1n) is 9.41. The topological polar surface area (TPSA) is 87.6 Å². The number of ether oxygens (including phenoxy) is 1. The van der Waals surface area contributed by atoms with Gasteiger partial charge in [0.05, 0.1) is 12.1 Å². The number of carbonyl (C=O) groups is 1. The van der Waals surface area contributed by atoms with Gasteiger partial charge < -0.3 is 20.1 Å². The van der Waals surface area contributed by atoms with E-state index in [9.17, 15) is 9.90 Å². The lowest BCUT2D eigenvalue weighted by Crippen LogP contribution is -2.56. The van der Waals surface area contributed by atoms with Gasteiger partial charge in [-0.05, 0) is 19.3 Å². The second-order valence-corrected chi connectivity index (χ2v) is 8.02. The number of benzene rings is 1. The van der Waals surface area contributed by atoms with Gasteiger partial charge in [0.15, 0.2) is 0 Å². The Morgan fingerprint density at radius 1 is 1.19 bits per heavy atom. The molecule has 7 nitrogen and oxygen atoms in total. The summed E-state index contributed by atoms with van der Waals surface area (Å²) < 4.78 is 5.32. The normalized spacial score (nSPS) is 24.0. The van der Waals surface area contributed by atoms with E-state index in [4.69, 9.17) is 4.74 Å². The number of rotatable bonds is 4. The van der Waals surface area contributed by atoms with Crippen LogP contribution in [0.2, 0.25) is 0 Å². The van der Waals surface area contributed by atoms with Crippen LogP contribution >= 0.6 is 11.3 Å². The molecule has 0 saturated carbocycles. The molecular formula is C19H24N4O3S. The van der Waals surface area contributed by atoms with Crippen molar-refractivity contribution in [3.63, 3.8) is 0 Å². The summed E-state index contributed by atoms with van der Waals surface area (Å²) in [5.74, 6) is -0.000947. The second-order valence-electron chi connectivity index (χ2n) is 7.06. The number of hydrogen-bond acceptors (Lipinski definition) is 7. The summed E-state index contributed by atoms with van der Waals surface area (Å²) in [5.41, 5.74) is 1.04. The fourth-order valence-electron chi connectivity index (χ4n) is 3.56. The molecule has 0 aliphatic carbocycles. The van der Waals surface area contributed by atoms with E-state index < -0.39 is 6.10 Å². The minimum atomic E-state index is -0.536. The molecule has 2 aliphatic heterocycles. The molecular weight excluding hydrogens is 364 g/mol. The van der Waals surface area contributed by atoms with Crippen molar-refractivity contribution in [1.29, 1.82) is 0 Å². The zero-order valence-electron chi connectivity index (χ0n) is 15.1. The van der Waals surface area contributed by atoms with Gasteiger partial charge in [0.1, 0.15) is 5.01 Å². The molecule has 0 radical (unpaired) electrons. The molecule has 2 fully saturated rings. The number of aliphatic hydroxyl groups is 1. The fraction of sp³-hybridized carbons (Fsp3) is 0.526. The Balaban J connectivity index is 1.41. The third kappa shape index (κ3) is 4.28. The van der Waals surface area contributed by atoms with Gasteiger partial charge in [0.25, 0.3) is 0 Å². The summed E-state index contributed by atoms with van der Waals surface area (Å²) in [5, 5.41) is 23.7. The average molecular weight is 388 g/mol. The maximum atomic E-state index is 12.5. The minimum Gasteiger partial charge on any atom is -0.391 e. The SMILES string of the molecule is O=C(N[C@@H]1CN(c2nnc(-c3ccccc3)s2)CC[C@@H]1O)C1CCOCC1. The molecule has 27 heavy (non-hydrogen) atoms. The lowest BCUT2D eigenvalue weighted by atomic mass is 9.97. The quantitative estimate of drug-likeness (QED) is 0.829. The van der Waals surface area contributed by atoms with Gasteiger partial charge >= 0.3 is 0 Å². The lowest BCUT2D eigenvalue weighted by molar-refractivity contribution is -0.129. The summed E-state index contributed by atoms with van der Waals surface area (Å²) in [6, 6.07) is 9.68. The van der Waals surface area contributed by atoms with Crippen molar-refractivity contribution < 1.29 is 14.6 Å². The van der Waals surface area contributed by atoms with E-state index >= 15 is 0 Å². The molecule has 8 heteroatoms. The smallest absolute Gasteiger partial charge is 0.223 e. The highest BCUT2D eigenvalue weighted by molar-refractivity contribution is 7.18. The van der Waals surface area contributed by atoms with E-state index in [1.807, 2.05) is 30.3 Å². The van der Waals surface area contributed by atoms with Crippen LogP contribution in [0.4, 0.5) is 5.13 Å². The van der Waals surface area contributed by atoms with E-state index in [1.165, 1.54) is 11.3 Å². The van der Waals surface area contributed by atoms with Crippen LogP contribution in [0, 0.1) is 5.92 Å². The Kier molecular flexibility index (Phi) is 5.66. The van der Waals surface area contributed by atoms with E-state index in [-0.39, 0.29) is 17.9 Å². The van der Waals surface area contributed by atoms with Crippen molar-refractivity contribution >= 4 is 22.4 Å². The zero-order valence-corrected chi connectivity index (χ0v) is 15.9. The number of nitrogens with one attached hydrogen (secondary N) is 1. The first kappa shape index (κ1) is 18.3. The predicted molar refractivity (Wildman–Crippen MR) is 104 cm³/mol. The van der Waals surface area contributed by atoms with Crippen LogP contribution in [0.5, 0.6) is 0 Å². The average Bonchev–Trinajstić information content (AvgIpc) is 3.21. The molecule has 1 amide bonds. The summed E-state index contributed by atoms with van der Waals surface area (Å²) >= 11 is 1.54. The summed E-state index contributed by atoms with van der Waals surface area (Å²) in [7, 11) is 0. The number of hydrogen-bond donors (Lipinski definition) is 2. The highest BCUT2D eigenvalue weighted by Gasteiger charge is 2.32. The number of anilines is 1. The first-order chi connectivity index (χ1) is 13.2. The lowest BCUT2D eigenvalue weighted by Gasteiger charge is -2.37. The Morgan fingerprint density at radius 2 is 1.96 bits per heavy atom. The highest BCUT2D eigenvalue weighted by Crippen LogP contribution is 2.30. The van der Waals surface area contributed by atoms with Gasteiger partial charge in [0.2, 0.25) is 11.0 Å². The Bertz CT molecular complexity index is 763. The molecule has 2 N–H and O–H groups in total. The number of carbonyl (C=O) groups excluding carboxylic acids is 1. The van der Waals surface area contributed by atoms with Crippen molar-refractivity contribution in [1.82, 2.24) is 15.5 Å². The van der Waals surface area contributed by atoms with Crippen LogP contribution in [0.15, 0.2) is 30.3 Å². The van der Waals surface area contributed by atoms with Crippen LogP contribution < -0.4 is 10.2 Å². The van der Waals surface area contributed by atoms with Crippen molar-refractivity contribution in [2.75, 3.05) is 31.2 Å². The third-order valence-corrected chi connectivity index (χ3v) is 6.23. The number of nitrogens with zero attached hydrogens (tertiary/aromatic N) is 3. The molecule has 3 heterocycles. The molecule has 0 bridgehead atoms. The van der Waals surface area contributed by atoms with Crippen LogP contribution in [-0.4, -0.2) is 59.7 Å². The number of aromatic nitrogens is 2. The standard InChI is InChI=1S/C19H24N4O3S/c24-16-6-9-23(12-15(16)20-17(25)13-7-10-26-11-8-13)19-22-21-18(27-19)14-4-2-1-3-5-14/h1-5,13,15-16,24H,6-12H2,(H,20,25)/t15-,16+/m1/s1. The number of aliphatic hydroxyl groups excluding tert-OH is 1. The number of piperidine rings is 1. The Labute approximate surface area is 162 Å². The molecule has 2 aromatic rings. The van der Waals surface area contributed by atoms with E-state index in [0.29, 0.717) is 32.7 Å². The van der Waals surface area contributed by atoms with Gasteiger partial charge in [0, 0.05) is 37.8 Å². The first-order valence-corrected chi connectivity index (χ1v) is 10.2. The molecule has 4 rings (SSSR count). The van der Waals surface area contributed by atoms with Gasteiger partial charge in [-0.2, -0.15) is 0 Å². The van der Waals surface area contributed by atoms with Crippen molar-refractivity contribution in [3.8, 4) is 10.6 Å². The molecule has 144 valence electrons. The number of amides is 1. The molecule has 0 unspecified atom stereocenters. The molecule has 2 aliphatic rings. The summed E-state index contributed by atoms with van der Waals surface area (Å²) in [6.45, 7) is 2.50. The van der Waals surface area contributed by atoms with E-state index in [2.05, 4.69) is 20.4 Å². The predicted octanol–water partition coefficient (Wildman–Crippen LogP) is 1.69. The fourth-order valence-corrected chi connectivity index (χ4v) is 4.44. The van der Waals surface area contributed by atoms with Crippen molar-refractivity contribution in [2.45, 2.75) is 31.4 Å². The minimum absolute atomic E-state index is 0.0199. The van der Waals surface area contributed by atoms with Crippen molar-refractivity contribution in [3.05, 3.63) is 30.3 Å². The van der Waals surface area contributed by atoms with Gasteiger partial charge in [-0.1, -0.05) is 41.7 Å². The summed E-state index contributed by atoms with van der Waals surface area (Å²) in [4.78, 5) is 14.6. The van der Waals surface area contributed by atoms with Crippen LogP contribution in [-0.2, 0) is 9.53 Å². The molecule has 1 aromatic carbocycles. The van der Waals surface area contributed by atoms with Crippen LogP contribution in [0.3, 0.4) is 0 Å². The third-order valence-electron chi connectivity index (χ3n) is 5.20. The zero-order chi connectivity index (χ0) is 18.6. The van der Waals surface area contributed by atoms with Gasteiger partial charge in [-0.25, -0.2) is 0 Å². The van der Waals surface area contributed by atoms with Gasteiger partial charge in [-0.3, -0.25) is 4.79 Å². The Hall–Kier alpha value is -2.03. The van der Waals surface area contributed by atoms with E-state index in [1.54, 1.807) is 0 Å². The molecule has 0 spiro atoms. The summed E-state index contributed by atoms with van der Waals surface area (Å²) in [6.07, 6.45) is 1.55. The maximum absolute atomic E-state index is 12.5.